The number of hydrogen-bond donors (Lipinski definition) is 0. The molecule has 0 saturated heterocycles. The number of hydrogen-bond acceptors (Lipinski definition) is 4. The maximum Gasteiger partial charge on any atom is 0.269 e. The Morgan fingerprint density at radius 1 is 1.13 bits per heavy atom. The van der Waals surface area contributed by atoms with Gasteiger partial charge in [0.1, 0.15) is 0 Å². The normalized spacial score (nSPS) is 12.0. The molecule has 0 aliphatic carbocycles. The van der Waals surface area contributed by atoms with Crippen LogP contribution in [0.25, 0.3) is 17.1 Å². The summed E-state index contributed by atoms with van der Waals surface area (Å²) in [6.45, 7) is 1.46. The minimum absolute atomic E-state index is 0.0775. The molecule has 0 N–H and O–H groups in total. The second kappa shape index (κ2) is 5.81. The Morgan fingerprint density at radius 3 is 2.57 bits per heavy atom. The molecule has 0 amide bonds. The fraction of sp³-hybridized carbons (Fsp3) is 0.0588. The van der Waals surface area contributed by atoms with Crippen molar-refractivity contribution in [2.45, 2.75) is 11.8 Å². The van der Waals surface area contributed by atoms with E-state index in [4.69, 9.17) is 0 Å². The summed E-state index contributed by atoms with van der Waals surface area (Å²) in [7, 11) is -3.71. The Morgan fingerprint density at radius 2 is 1.87 bits per heavy atom. The van der Waals surface area contributed by atoms with E-state index in [1.54, 1.807) is 48.5 Å². The molecule has 0 fully saturated rings. The second-order valence-electron chi connectivity index (χ2n) is 5.01. The number of carbonyl (C=O) groups is 1. The molecular weight excluding hydrogens is 312 g/mol. The van der Waals surface area contributed by atoms with Crippen molar-refractivity contribution in [2.24, 2.45) is 0 Å². The molecule has 3 rings (SSSR count). The molecule has 6 heteroatoms. The van der Waals surface area contributed by atoms with Crippen LogP contribution >= 0.6 is 0 Å². The molecular formula is C17H14N2O3S. The highest BCUT2D eigenvalue weighted by Gasteiger charge is 2.19. The molecule has 5 nitrogen and oxygen atoms in total. The van der Waals surface area contributed by atoms with Gasteiger partial charge < -0.3 is 0 Å². The van der Waals surface area contributed by atoms with Gasteiger partial charge >= 0.3 is 0 Å². The van der Waals surface area contributed by atoms with E-state index in [1.807, 2.05) is 0 Å². The number of rotatable bonds is 4. The number of carbonyl (C=O) groups excluding carboxylic acids is 1. The zero-order chi connectivity index (χ0) is 16.4. The lowest BCUT2D eigenvalue weighted by molar-refractivity contribution is -0.112. The first-order chi connectivity index (χ1) is 11.0. The molecule has 0 atom stereocenters. The molecule has 0 bridgehead atoms. The Hall–Kier alpha value is -2.73. The van der Waals surface area contributed by atoms with E-state index in [-0.39, 0.29) is 10.7 Å². The Bertz CT molecular complexity index is 1000. The van der Waals surface area contributed by atoms with Gasteiger partial charge in [-0.1, -0.05) is 24.3 Å². The molecule has 0 radical (unpaired) electrons. The summed E-state index contributed by atoms with van der Waals surface area (Å²) >= 11 is 0. The van der Waals surface area contributed by atoms with Gasteiger partial charge in [0.25, 0.3) is 10.0 Å². The highest BCUT2D eigenvalue weighted by molar-refractivity contribution is 7.90. The number of benzene rings is 1. The van der Waals surface area contributed by atoms with Crippen LogP contribution in [0.3, 0.4) is 0 Å². The number of fused-ring (bicyclic) bond motifs is 1. The topological polar surface area (TPSA) is 69.0 Å². The van der Waals surface area contributed by atoms with E-state index >= 15 is 0 Å². The predicted octanol–water partition coefficient (Wildman–Crippen LogP) is 2.88. The molecule has 2 aromatic heterocycles. The summed E-state index contributed by atoms with van der Waals surface area (Å²) in [6, 6.07) is 11.6. The van der Waals surface area contributed by atoms with E-state index in [9.17, 15) is 13.2 Å². The van der Waals surface area contributed by atoms with Crippen LogP contribution in [0.15, 0.2) is 65.8 Å². The summed E-state index contributed by atoms with van der Waals surface area (Å²) in [5.74, 6) is -0.0775. The van der Waals surface area contributed by atoms with Crippen molar-refractivity contribution in [1.82, 2.24) is 8.96 Å². The van der Waals surface area contributed by atoms with Gasteiger partial charge in [0.15, 0.2) is 11.4 Å². The van der Waals surface area contributed by atoms with Gasteiger partial charge in [-0.3, -0.25) is 4.79 Å². The van der Waals surface area contributed by atoms with E-state index in [2.05, 4.69) is 4.98 Å². The van der Waals surface area contributed by atoms with Crippen molar-refractivity contribution >= 4 is 32.9 Å². The average Bonchev–Trinajstić information content (AvgIpc) is 2.99. The third-order valence-electron chi connectivity index (χ3n) is 3.39. The first-order valence-electron chi connectivity index (χ1n) is 6.95. The van der Waals surface area contributed by atoms with Crippen molar-refractivity contribution < 1.29 is 13.2 Å². The summed E-state index contributed by atoms with van der Waals surface area (Å²) in [6.07, 6.45) is 6.11. The van der Waals surface area contributed by atoms with Crippen LogP contribution in [0.5, 0.6) is 0 Å². The van der Waals surface area contributed by atoms with Gasteiger partial charge in [-0.2, -0.15) is 0 Å². The molecule has 0 aliphatic heterocycles. The van der Waals surface area contributed by atoms with E-state index in [0.29, 0.717) is 11.0 Å². The van der Waals surface area contributed by atoms with Crippen molar-refractivity contribution in [3.63, 3.8) is 0 Å². The quantitative estimate of drug-likeness (QED) is 0.691. The highest BCUT2D eigenvalue weighted by Crippen LogP contribution is 2.23. The molecule has 0 saturated carbocycles. The Balaban J connectivity index is 2.18. The van der Waals surface area contributed by atoms with Crippen LogP contribution in [0.1, 0.15) is 12.5 Å². The van der Waals surface area contributed by atoms with Crippen LogP contribution in [0.2, 0.25) is 0 Å². The second-order valence-corrected chi connectivity index (χ2v) is 6.83. The third-order valence-corrected chi connectivity index (χ3v) is 5.07. The van der Waals surface area contributed by atoms with Gasteiger partial charge in [-0.15, -0.1) is 0 Å². The zero-order valence-electron chi connectivity index (χ0n) is 12.4. The van der Waals surface area contributed by atoms with Gasteiger partial charge in [0.05, 0.1) is 4.90 Å². The number of aromatic nitrogens is 2. The molecule has 0 spiro atoms. The van der Waals surface area contributed by atoms with Gasteiger partial charge in [0, 0.05) is 17.8 Å². The lowest BCUT2D eigenvalue weighted by atomic mass is 10.1. The fourth-order valence-electron chi connectivity index (χ4n) is 2.29. The van der Waals surface area contributed by atoms with Crippen molar-refractivity contribution in [1.29, 1.82) is 0 Å². The van der Waals surface area contributed by atoms with Gasteiger partial charge in [0.2, 0.25) is 0 Å². The van der Waals surface area contributed by atoms with Crippen molar-refractivity contribution in [2.75, 3.05) is 0 Å². The van der Waals surface area contributed by atoms with E-state index < -0.39 is 10.0 Å². The Kier molecular flexibility index (Phi) is 3.83. The SMILES string of the molecule is CC(=O)/C=C/c1ccnc2c1ccn2S(=O)(=O)c1ccccc1. The highest BCUT2D eigenvalue weighted by atomic mass is 32.2. The summed E-state index contributed by atoms with van der Waals surface area (Å²) in [5, 5.41) is 0.671. The largest absolute Gasteiger partial charge is 0.295 e. The van der Waals surface area contributed by atoms with Crippen molar-refractivity contribution in [3.05, 3.63) is 66.5 Å². The van der Waals surface area contributed by atoms with E-state index in [0.717, 1.165) is 9.54 Å². The maximum atomic E-state index is 12.7. The maximum absolute atomic E-state index is 12.7. The molecule has 3 aromatic rings. The summed E-state index contributed by atoms with van der Waals surface area (Å²) in [5.41, 5.74) is 1.08. The molecule has 2 heterocycles. The zero-order valence-corrected chi connectivity index (χ0v) is 13.2. The number of pyridine rings is 1. The first kappa shape index (κ1) is 15.2. The predicted molar refractivity (Wildman–Crippen MR) is 88.5 cm³/mol. The van der Waals surface area contributed by atoms with Crippen LogP contribution in [0.4, 0.5) is 0 Å². The lowest BCUT2D eigenvalue weighted by Gasteiger charge is -2.07. The van der Waals surface area contributed by atoms with Gasteiger partial charge in [-0.05, 0) is 42.8 Å². The molecule has 1 aromatic carbocycles. The minimum atomic E-state index is -3.71. The standard InChI is InChI=1S/C17H14N2O3S/c1-13(20)7-8-14-9-11-18-17-16(14)10-12-19(17)23(21,22)15-5-3-2-4-6-15/h2-12H,1H3/b8-7+. The molecule has 116 valence electrons. The monoisotopic (exact) mass is 326 g/mol. The lowest BCUT2D eigenvalue weighted by Crippen LogP contribution is -2.12. The number of ketones is 1. The molecule has 23 heavy (non-hydrogen) atoms. The van der Waals surface area contributed by atoms with Crippen LogP contribution < -0.4 is 0 Å². The van der Waals surface area contributed by atoms with E-state index in [1.165, 1.54) is 25.4 Å². The first-order valence-corrected chi connectivity index (χ1v) is 8.39. The van der Waals surface area contributed by atoms with Crippen LogP contribution in [0, 0.1) is 0 Å². The average molecular weight is 326 g/mol. The fourth-order valence-corrected chi connectivity index (χ4v) is 3.61. The smallest absolute Gasteiger partial charge is 0.269 e. The summed E-state index contributed by atoms with van der Waals surface area (Å²) in [4.78, 5) is 15.5. The number of nitrogens with zero attached hydrogens (tertiary/aromatic N) is 2. The van der Waals surface area contributed by atoms with Crippen LogP contribution in [-0.4, -0.2) is 23.2 Å². The summed E-state index contributed by atoms with van der Waals surface area (Å²) < 4.78 is 26.6. The van der Waals surface area contributed by atoms with Gasteiger partial charge in [-0.25, -0.2) is 17.4 Å². The minimum Gasteiger partial charge on any atom is -0.295 e. The Labute approximate surface area is 134 Å². The van der Waals surface area contributed by atoms with Crippen molar-refractivity contribution in [3.8, 4) is 0 Å². The third kappa shape index (κ3) is 2.80. The number of allylic oxidation sites excluding steroid dienone is 1. The van der Waals surface area contributed by atoms with Crippen LogP contribution in [-0.2, 0) is 14.8 Å². The molecule has 0 aliphatic rings. The molecule has 0 unspecified atom stereocenters.